The molecule has 1 unspecified atom stereocenters. The minimum absolute atomic E-state index is 0.153. The van der Waals surface area contributed by atoms with E-state index in [9.17, 15) is 13.2 Å². The van der Waals surface area contributed by atoms with Crippen molar-refractivity contribution in [2.24, 2.45) is 5.92 Å². The van der Waals surface area contributed by atoms with Crippen molar-refractivity contribution in [3.63, 3.8) is 0 Å². The van der Waals surface area contributed by atoms with Gasteiger partial charge < -0.3 is 9.72 Å². The lowest BCUT2D eigenvalue weighted by atomic mass is 9.88. The largest absolute Gasteiger partial charge is 0.573 e. The number of benzene rings is 1. The van der Waals surface area contributed by atoms with Crippen LogP contribution >= 0.6 is 0 Å². The summed E-state index contributed by atoms with van der Waals surface area (Å²) in [5.41, 5.74) is 3.17. The van der Waals surface area contributed by atoms with Gasteiger partial charge in [0, 0.05) is 16.6 Å². The van der Waals surface area contributed by atoms with Crippen molar-refractivity contribution in [3.8, 4) is 5.75 Å². The second kappa shape index (κ2) is 4.18. The van der Waals surface area contributed by atoms with Gasteiger partial charge in [-0.05, 0) is 48.9 Å². The van der Waals surface area contributed by atoms with Gasteiger partial charge in [-0.3, -0.25) is 0 Å². The van der Waals surface area contributed by atoms with E-state index in [2.05, 4.69) is 16.6 Å². The summed E-state index contributed by atoms with van der Waals surface area (Å²) in [6, 6.07) is 4.48. The minimum Gasteiger partial charge on any atom is -0.406 e. The summed E-state index contributed by atoms with van der Waals surface area (Å²) in [5.74, 6) is 0.415. The Balaban J connectivity index is 2.04. The van der Waals surface area contributed by atoms with Gasteiger partial charge in [-0.25, -0.2) is 0 Å². The fraction of sp³-hybridized carbons (Fsp3) is 0.429. The number of halogens is 3. The van der Waals surface area contributed by atoms with Crippen LogP contribution in [0.5, 0.6) is 5.75 Å². The summed E-state index contributed by atoms with van der Waals surface area (Å²) in [6.07, 6.45) is -1.66. The molecular weight excluding hydrogens is 255 g/mol. The van der Waals surface area contributed by atoms with Crippen LogP contribution in [0, 0.1) is 5.92 Å². The maximum absolute atomic E-state index is 12.2. The molecule has 0 spiro atoms. The molecule has 0 radical (unpaired) electrons. The smallest absolute Gasteiger partial charge is 0.406 e. The maximum atomic E-state index is 12.2. The molecule has 2 aromatic rings. The zero-order chi connectivity index (χ0) is 13.6. The lowest BCUT2D eigenvalue weighted by molar-refractivity contribution is -0.274. The van der Waals surface area contributed by atoms with Crippen molar-refractivity contribution in [2.75, 3.05) is 0 Å². The Bertz CT molecular complexity index is 615. The number of ether oxygens (including phenoxy) is 1. The van der Waals surface area contributed by atoms with Crippen LogP contribution < -0.4 is 4.74 Å². The molecule has 3 rings (SSSR count). The molecule has 0 bridgehead atoms. The number of nitrogens with one attached hydrogen (secondary N) is 1. The van der Waals surface area contributed by atoms with E-state index in [0.29, 0.717) is 5.92 Å². The Labute approximate surface area is 108 Å². The molecular formula is C14H14F3NO. The Hall–Kier alpha value is -1.65. The van der Waals surface area contributed by atoms with Gasteiger partial charge in [-0.1, -0.05) is 6.92 Å². The Kier molecular flexibility index (Phi) is 2.73. The summed E-state index contributed by atoms with van der Waals surface area (Å²) >= 11 is 0. The van der Waals surface area contributed by atoms with Gasteiger partial charge in [0.25, 0.3) is 0 Å². The molecule has 0 saturated carbocycles. The van der Waals surface area contributed by atoms with Crippen molar-refractivity contribution >= 4 is 10.9 Å². The van der Waals surface area contributed by atoms with Crippen LogP contribution in [0.3, 0.4) is 0 Å². The average molecular weight is 269 g/mol. The summed E-state index contributed by atoms with van der Waals surface area (Å²) in [6.45, 7) is 2.16. The molecule has 1 N–H and O–H groups in total. The molecule has 0 saturated heterocycles. The van der Waals surface area contributed by atoms with Crippen molar-refractivity contribution in [1.29, 1.82) is 0 Å². The first-order valence-corrected chi connectivity index (χ1v) is 6.31. The summed E-state index contributed by atoms with van der Waals surface area (Å²) in [5, 5.41) is 0.850. The number of fused-ring (bicyclic) bond motifs is 3. The van der Waals surface area contributed by atoms with E-state index in [1.54, 1.807) is 6.07 Å². The van der Waals surface area contributed by atoms with Crippen molar-refractivity contribution < 1.29 is 17.9 Å². The number of hydrogen-bond donors (Lipinski definition) is 1. The van der Waals surface area contributed by atoms with Gasteiger partial charge >= 0.3 is 6.36 Å². The number of aryl methyl sites for hydroxylation is 1. The Morgan fingerprint density at radius 1 is 1.32 bits per heavy atom. The van der Waals surface area contributed by atoms with E-state index < -0.39 is 6.36 Å². The SMILES string of the molecule is CC1CCc2[nH]c3ccc(OC(F)(F)F)cc3c2C1. The van der Waals surface area contributed by atoms with Gasteiger partial charge in [0.15, 0.2) is 0 Å². The highest BCUT2D eigenvalue weighted by atomic mass is 19.4. The third-order valence-electron chi connectivity index (χ3n) is 3.64. The molecule has 1 heterocycles. The summed E-state index contributed by atoms with van der Waals surface area (Å²) < 4.78 is 40.7. The predicted octanol–water partition coefficient (Wildman–Crippen LogP) is 4.19. The predicted molar refractivity (Wildman–Crippen MR) is 66.2 cm³/mol. The molecule has 1 aliphatic rings. The second-order valence-corrected chi connectivity index (χ2v) is 5.19. The van der Waals surface area contributed by atoms with Crippen LogP contribution in [0.1, 0.15) is 24.6 Å². The number of rotatable bonds is 1. The van der Waals surface area contributed by atoms with Gasteiger partial charge in [0.2, 0.25) is 0 Å². The number of alkyl halides is 3. The Morgan fingerprint density at radius 3 is 2.84 bits per heavy atom. The fourth-order valence-electron chi connectivity index (χ4n) is 2.77. The third kappa shape index (κ3) is 2.41. The van der Waals surface area contributed by atoms with E-state index in [1.807, 2.05) is 0 Å². The van der Waals surface area contributed by atoms with Crippen LogP contribution in [0.25, 0.3) is 10.9 Å². The second-order valence-electron chi connectivity index (χ2n) is 5.19. The molecule has 0 fully saturated rings. The highest BCUT2D eigenvalue weighted by Crippen LogP contribution is 2.34. The highest BCUT2D eigenvalue weighted by Gasteiger charge is 2.31. The van der Waals surface area contributed by atoms with Gasteiger partial charge in [-0.2, -0.15) is 0 Å². The first kappa shape index (κ1) is 12.4. The van der Waals surface area contributed by atoms with Crippen LogP contribution in [0.15, 0.2) is 18.2 Å². The molecule has 1 atom stereocenters. The van der Waals surface area contributed by atoms with E-state index in [4.69, 9.17) is 0 Å². The zero-order valence-corrected chi connectivity index (χ0v) is 10.5. The molecule has 19 heavy (non-hydrogen) atoms. The maximum Gasteiger partial charge on any atom is 0.573 e. The molecule has 0 aliphatic heterocycles. The van der Waals surface area contributed by atoms with Crippen LogP contribution in [-0.4, -0.2) is 11.3 Å². The summed E-state index contributed by atoms with van der Waals surface area (Å²) in [7, 11) is 0. The van der Waals surface area contributed by atoms with Crippen molar-refractivity contribution in [1.82, 2.24) is 4.98 Å². The standard InChI is InChI=1S/C14H14F3NO/c1-8-2-4-12-10(6-8)11-7-9(19-14(15,16)17)3-5-13(11)18-12/h3,5,7-8,18H,2,4,6H2,1H3. The van der Waals surface area contributed by atoms with Crippen LogP contribution in [0.4, 0.5) is 13.2 Å². The Morgan fingerprint density at radius 2 is 2.11 bits per heavy atom. The lowest BCUT2D eigenvalue weighted by Gasteiger charge is -2.18. The monoisotopic (exact) mass is 269 g/mol. The van der Waals surface area contributed by atoms with E-state index in [1.165, 1.54) is 12.1 Å². The third-order valence-corrected chi connectivity index (χ3v) is 3.64. The normalized spacial score (nSPS) is 19.5. The minimum atomic E-state index is -4.64. The molecule has 1 aliphatic carbocycles. The van der Waals surface area contributed by atoms with Gasteiger partial charge in [-0.15, -0.1) is 13.2 Å². The molecule has 5 heteroatoms. The first-order valence-electron chi connectivity index (χ1n) is 6.31. The summed E-state index contributed by atoms with van der Waals surface area (Å²) in [4.78, 5) is 3.29. The van der Waals surface area contributed by atoms with E-state index in [0.717, 1.165) is 41.4 Å². The molecule has 2 nitrogen and oxygen atoms in total. The van der Waals surface area contributed by atoms with Crippen LogP contribution in [0.2, 0.25) is 0 Å². The molecule has 1 aromatic carbocycles. The van der Waals surface area contributed by atoms with E-state index >= 15 is 0 Å². The number of aromatic amines is 1. The topological polar surface area (TPSA) is 25.0 Å². The van der Waals surface area contributed by atoms with Crippen molar-refractivity contribution in [3.05, 3.63) is 29.5 Å². The number of H-pyrrole nitrogens is 1. The highest BCUT2D eigenvalue weighted by molar-refractivity contribution is 5.86. The number of aromatic nitrogens is 1. The van der Waals surface area contributed by atoms with Gasteiger partial charge in [0.1, 0.15) is 5.75 Å². The zero-order valence-electron chi connectivity index (χ0n) is 10.5. The fourth-order valence-corrected chi connectivity index (χ4v) is 2.77. The number of hydrogen-bond acceptors (Lipinski definition) is 1. The van der Waals surface area contributed by atoms with Crippen molar-refractivity contribution in [2.45, 2.75) is 32.5 Å². The quantitative estimate of drug-likeness (QED) is 0.825. The first-order chi connectivity index (χ1) is 8.92. The van der Waals surface area contributed by atoms with E-state index in [-0.39, 0.29) is 5.75 Å². The molecule has 0 amide bonds. The van der Waals surface area contributed by atoms with Gasteiger partial charge in [0.05, 0.1) is 0 Å². The lowest BCUT2D eigenvalue weighted by Crippen LogP contribution is -2.17. The molecule has 102 valence electrons. The van der Waals surface area contributed by atoms with Crippen LogP contribution in [-0.2, 0) is 12.8 Å². The molecule has 1 aromatic heterocycles. The average Bonchev–Trinajstić information content (AvgIpc) is 2.65.